The molecule has 0 aromatic heterocycles. The number of anilines is 2. The standard InChI is InChI=1S/C19H18FN3O3/c1-23(11-13-4-2-3-5-15(13)20)19(26)18(25)21-14-7-8-16-12(10-14)6-9-17(24)22-16/h2-5,7-8,10H,6,9,11H2,1H3,(H,21,25)(H,22,24). The van der Waals surface area contributed by atoms with Crippen molar-refractivity contribution >= 4 is 29.1 Å². The van der Waals surface area contributed by atoms with Gasteiger partial charge in [0.25, 0.3) is 0 Å². The van der Waals surface area contributed by atoms with Gasteiger partial charge in [-0.25, -0.2) is 4.39 Å². The van der Waals surface area contributed by atoms with Crippen LogP contribution in [0.15, 0.2) is 42.5 Å². The van der Waals surface area contributed by atoms with Crippen molar-refractivity contribution in [2.24, 2.45) is 0 Å². The number of amides is 3. The third-order valence-electron chi connectivity index (χ3n) is 4.16. The Hall–Kier alpha value is -3.22. The van der Waals surface area contributed by atoms with Crippen molar-refractivity contribution in [1.29, 1.82) is 0 Å². The van der Waals surface area contributed by atoms with E-state index in [-0.39, 0.29) is 12.5 Å². The van der Waals surface area contributed by atoms with Crippen LogP contribution in [0, 0.1) is 5.82 Å². The number of fused-ring (bicyclic) bond motifs is 1. The van der Waals surface area contributed by atoms with Gasteiger partial charge in [0.2, 0.25) is 5.91 Å². The largest absolute Gasteiger partial charge is 0.333 e. The SMILES string of the molecule is CN(Cc1ccccc1F)C(=O)C(=O)Nc1ccc2c(c1)CCC(=O)N2. The third-order valence-corrected chi connectivity index (χ3v) is 4.16. The van der Waals surface area contributed by atoms with Crippen LogP contribution in [0.1, 0.15) is 17.5 Å². The fourth-order valence-corrected chi connectivity index (χ4v) is 2.77. The quantitative estimate of drug-likeness (QED) is 0.830. The smallest absolute Gasteiger partial charge is 0.313 e. The minimum absolute atomic E-state index is 0.00482. The molecule has 0 saturated heterocycles. The summed E-state index contributed by atoms with van der Waals surface area (Å²) in [7, 11) is 1.44. The summed E-state index contributed by atoms with van der Waals surface area (Å²) in [5.74, 6) is -2.04. The van der Waals surface area contributed by atoms with Crippen LogP contribution in [0.2, 0.25) is 0 Å². The van der Waals surface area contributed by atoms with Crippen LogP contribution in [0.4, 0.5) is 15.8 Å². The van der Waals surface area contributed by atoms with E-state index in [2.05, 4.69) is 10.6 Å². The number of likely N-dealkylation sites (N-methyl/N-ethyl adjacent to an activating group) is 1. The summed E-state index contributed by atoms with van der Waals surface area (Å²) in [6.45, 7) is -0.00482. The first-order valence-corrected chi connectivity index (χ1v) is 8.16. The first kappa shape index (κ1) is 17.6. The molecular formula is C19H18FN3O3. The van der Waals surface area contributed by atoms with Gasteiger partial charge >= 0.3 is 11.8 Å². The lowest BCUT2D eigenvalue weighted by atomic mass is 10.0. The highest BCUT2D eigenvalue weighted by Crippen LogP contribution is 2.25. The van der Waals surface area contributed by atoms with Crippen molar-refractivity contribution in [1.82, 2.24) is 4.90 Å². The van der Waals surface area contributed by atoms with E-state index < -0.39 is 17.6 Å². The lowest BCUT2D eigenvalue weighted by Crippen LogP contribution is -2.36. The molecule has 26 heavy (non-hydrogen) atoms. The molecule has 0 unspecified atom stereocenters. The van der Waals surface area contributed by atoms with Crippen LogP contribution in [-0.2, 0) is 27.3 Å². The molecule has 0 bridgehead atoms. The van der Waals surface area contributed by atoms with Gasteiger partial charge in [-0.2, -0.15) is 0 Å². The second-order valence-electron chi connectivity index (χ2n) is 6.13. The molecule has 1 aliphatic rings. The Morgan fingerprint density at radius 2 is 1.96 bits per heavy atom. The van der Waals surface area contributed by atoms with Gasteiger partial charge in [0, 0.05) is 37.0 Å². The molecule has 3 rings (SSSR count). The number of rotatable bonds is 3. The average molecular weight is 355 g/mol. The van der Waals surface area contributed by atoms with E-state index in [0.29, 0.717) is 29.8 Å². The summed E-state index contributed by atoms with van der Waals surface area (Å²) in [5, 5.41) is 5.30. The molecule has 0 aliphatic carbocycles. The minimum Gasteiger partial charge on any atom is -0.333 e. The monoisotopic (exact) mass is 355 g/mol. The Morgan fingerprint density at radius 1 is 1.19 bits per heavy atom. The molecule has 2 aromatic carbocycles. The van der Waals surface area contributed by atoms with Crippen LogP contribution < -0.4 is 10.6 Å². The fraction of sp³-hybridized carbons (Fsp3) is 0.211. The summed E-state index contributed by atoms with van der Waals surface area (Å²) in [4.78, 5) is 36.9. The van der Waals surface area contributed by atoms with E-state index in [1.807, 2.05) is 0 Å². The van der Waals surface area contributed by atoms with Crippen LogP contribution in [0.5, 0.6) is 0 Å². The summed E-state index contributed by atoms with van der Waals surface area (Å²) >= 11 is 0. The molecule has 6 nitrogen and oxygen atoms in total. The molecular weight excluding hydrogens is 337 g/mol. The number of carbonyl (C=O) groups excluding carboxylic acids is 3. The van der Waals surface area contributed by atoms with Crippen LogP contribution in [-0.4, -0.2) is 29.7 Å². The highest BCUT2D eigenvalue weighted by atomic mass is 19.1. The highest BCUT2D eigenvalue weighted by molar-refractivity contribution is 6.39. The summed E-state index contributed by atoms with van der Waals surface area (Å²) < 4.78 is 13.7. The normalized spacial score (nSPS) is 12.8. The van der Waals surface area contributed by atoms with Crippen LogP contribution in [0.25, 0.3) is 0 Å². The Balaban J connectivity index is 1.65. The number of nitrogens with one attached hydrogen (secondary N) is 2. The van der Waals surface area contributed by atoms with E-state index in [9.17, 15) is 18.8 Å². The van der Waals surface area contributed by atoms with Crippen molar-refractivity contribution in [2.75, 3.05) is 17.7 Å². The zero-order valence-electron chi connectivity index (χ0n) is 14.2. The lowest BCUT2D eigenvalue weighted by molar-refractivity contribution is -0.142. The first-order valence-electron chi connectivity index (χ1n) is 8.16. The van der Waals surface area contributed by atoms with E-state index >= 15 is 0 Å². The number of hydrogen-bond donors (Lipinski definition) is 2. The van der Waals surface area contributed by atoms with Gasteiger partial charge in [-0.05, 0) is 36.2 Å². The molecule has 7 heteroatoms. The predicted octanol–water partition coefficient (Wildman–Crippen LogP) is 2.31. The van der Waals surface area contributed by atoms with Gasteiger partial charge in [0.1, 0.15) is 5.82 Å². The topological polar surface area (TPSA) is 78.5 Å². The van der Waals surface area contributed by atoms with Crippen molar-refractivity contribution in [3.8, 4) is 0 Å². The third kappa shape index (κ3) is 3.88. The van der Waals surface area contributed by atoms with Gasteiger partial charge in [0.15, 0.2) is 0 Å². The average Bonchev–Trinajstić information content (AvgIpc) is 2.63. The molecule has 134 valence electrons. The van der Waals surface area contributed by atoms with Crippen molar-refractivity contribution in [2.45, 2.75) is 19.4 Å². The van der Waals surface area contributed by atoms with Crippen LogP contribution in [0.3, 0.4) is 0 Å². The lowest BCUT2D eigenvalue weighted by Gasteiger charge is -2.19. The number of carbonyl (C=O) groups is 3. The summed E-state index contributed by atoms with van der Waals surface area (Å²) in [6.07, 6.45) is 0.959. The first-order chi connectivity index (χ1) is 12.4. The fourth-order valence-electron chi connectivity index (χ4n) is 2.77. The van der Waals surface area contributed by atoms with E-state index in [1.165, 1.54) is 13.1 Å². The maximum Gasteiger partial charge on any atom is 0.313 e. The minimum atomic E-state index is -0.802. The maximum absolute atomic E-state index is 13.7. The zero-order valence-corrected chi connectivity index (χ0v) is 14.2. The molecule has 0 radical (unpaired) electrons. The molecule has 0 saturated carbocycles. The predicted molar refractivity (Wildman–Crippen MR) is 94.9 cm³/mol. The Labute approximate surface area is 150 Å². The maximum atomic E-state index is 13.7. The summed E-state index contributed by atoms with van der Waals surface area (Å²) in [5.41, 5.74) is 2.41. The van der Waals surface area contributed by atoms with E-state index in [1.54, 1.807) is 36.4 Å². The van der Waals surface area contributed by atoms with Crippen molar-refractivity contribution in [3.63, 3.8) is 0 Å². The molecule has 2 aromatic rings. The van der Waals surface area contributed by atoms with Crippen LogP contribution >= 0.6 is 0 Å². The number of halogens is 1. The van der Waals surface area contributed by atoms with E-state index in [0.717, 1.165) is 10.5 Å². The van der Waals surface area contributed by atoms with Gasteiger partial charge in [0.05, 0.1) is 0 Å². The second kappa shape index (κ2) is 7.35. The highest BCUT2D eigenvalue weighted by Gasteiger charge is 2.21. The van der Waals surface area contributed by atoms with Gasteiger partial charge < -0.3 is 15.5 Å². The van der Waals surface area contributed by atoms with Gasteiger partial charge in [-0.3, -0.25) is 14.4 Å². The van der Waals surface area contributed by atoms with E-state index in [4.69, 9.17) is 0 Å². The number of benzene rings is 2. The van der Waals surface area contributed by atoms with Crippen molar-refractivity contribution in [3.05, 3.63) is 59.4 Å². The molecule has 3 amide bonds. The molecule has 0 fully saturated rings. The van der Waals surface area contributed by atoms with Crippen molar-refractivity contribution < 1.29 is 18.8 Å². The molecule has 1 aliphatic heterocycles. The molecule has 2 N–H and O–H groups in total. The Morgan fingerprint density at radius 3 is 2.73 bits per heavy atom. The number of aryl methyl sites for hydroxylation is 1. The Bertz CT molecular complexity index is 882. The molecule has 0 atom stereocenters. The second-order valence-corrected chi connectivity index (χ2v) is 6.13. The molecule has 0 spiro atoms. The number of hydrogen-bond acceptors (Lipinski definition) is 3. The summed E-state index contributed by atoms with van der Waals surface area (Å²) in [6, 6.07) is 11.1. The number of nitrogens with zero attached hydrogens (tertiary/aromatic N) is 1. The van der Waals surface area contributed by atoms with Gasteiger partial charge in [-0.15, -0.1) is 0 Å². The Kier molecular flexibility index (Phi) is 4.97. The van der Waals surface area contributed by atoms with Gasteiger partial charge in [-0.1, -0.05) is 18.2 Å². The molecule has 1 heterocycles. The zero-order chi connectivity index (χ0) is 18.7.